The van der Waals surface area contributed by atoms with E-state index in [1.807, 2.05) is 25.1 Å². The first-order valence-electron chi connectivity index (χ1n) is 10.8. The van der Waals surface area contributed by atoms with Gasteiger partial charge < -0.3 is 9.47 Å². The molecular weight excluding hydrogens is 522 g/mol. The van der Waals surface area contributed by atoms with Crippen LogP contribution in [0.5, 0.6) is 11.6 Å². The van der Waals surface area contributed by atoms with Gasteiger partial charge in [-0.1, -0.05) is 11.6 Å². The minimum Gasteiger partial charge on any atom is -0.492 e. The molecule has 1 N–H and O–H groups in total. The molecular formula is C24H20ClN5O4S2. The van der Waals surface area contributed by atoms with Gasteiger partial charge in [0, 0.05) is 29.5 Å². The van der Waals surface area contributed by atoms with E-state index in [1.165, 1.54) is 36.9 Å². The Hall–Kier alpha value is -3.38. The molecule has 5 rings (SSSR count). The number of methoxy groups -OCH3 is 1. The van der Waals surface area contributed by atoms with E-state index in [4.69, 9.17) is 26.1 Å². The molecule has 9 nitrogen and oxygen atoms in total. The first-order chi connectivity index (χ1) is 17.3. The molecule has 5 aromatic rings. The quantitative estimate of drug-likeness (QED) is 0.283. The molecule has 0 radical (unpaired) electrons. The zero-order chi connectivity index (χ0) is 25.3. The fourth-order valence-corrected chi connectivity index (χ4v) is 5.91. The molecule has 0 aliphatic carbocycles. The van der Waals surface area contributed by atoms with Crippen LogP contribution < -0.4 is 14.2 Å². The Morgan fingerprint density at radius 2 is 1.97 bits per heavy atom. The van der Waals surface area contributed by atoms with E-state index in [-0.39, 0.29) is 18.0 Å². The molecule has 2 aromatic carbocycles. The fraction of sp³-hybridized carbons (Fsp3) is 0.167. The number of hydrogen-bond acceptors (Lipinski definition) is 9. The highest BCUT2D eigenvalue weighted by Crippen LogP contribution is 2.38. The van der Waals surface area contributed by atoms with E-state index >= 15 is 0 Å². The van der Waals surface area contributed by atoms with Crippen molar-refractivity contribution in [2.24, 2.45) is 0 Å². The Morgan fingerprint density at radius 1 is 1.11 bits per heavy atom. The number of nitrogens with zero attached hydrogens (tertiary/aromatic N) is 4. The Kier molecular flexibility index (Phi) is 6.71. The average molecular weight is 542 g/mol. The average Bonchev–Trinajstić information content (AvgIpc) is 3.31. The molecule has 0 atom stereocenters. The second-order valence-electron chi connectivity index (χ2n) is 7.77. The van der Waals surface area contributed by atoms with E-state index in [1.54, 1.807) is 18.3 Å². The van der Waals surface area contributed by atoms with Crippen LogP contribution in [0.3, 0.4) is 0 Å². The van der Waals surface area contributed by atoms with Crippen molar-refractivity contribution in [1.82, 2.24) is 24.7 Å². The second-order valence-corrected chi connectivity index (χ2v) is 11.0. The molecule has 3 aromatic heterocycles. The minimum atomic E-state index is -3.64. The van der Waals surface area contributed by atoms with Crippen LogP contribution >= 0.6 is 22.9 Å². The number of benzene rings is 2. The van der Waals surface area contributed by atoms with Gasteiger partial charge in [-0.05, 0) is 48.9 Å². The van der Waals surface area contributed by atoms with Gasteiger partial charge in [-0.2, -0.15) is 0 Å². The molecule has 0 unspecified atom stereocenters. The monoisotopic (exact) mass is 541 g/mol. The van der Waals surface area contributed by atoms with Crippen molar-refractivity contribution in [2.75, 3.05) is 20.3 Å². The number of pyridine rings is 1. The first kappa shape index (κ1) is 24.3. The number of rotatable bonds is 8. The van der Waals surface area contributed by atoms with E-state index in [0.29, 0.717) is 27.7 Å². The van der Waals surface area contributed by atoms with Crippen LogP contribution in [0.1, 0.15) is 5.56 Å². The molecule has 184 valence electrons. The lowest BCUT2D eigenvalue weighted by Crippen LogP contribution is -2.28. The Bertz CT molecular complexity index is 1680. The third-order valence-corrected chi connectivity index (χ3v) is 8.00. The highest BCUT2D eigenvalue weighted by Gasteiger charge is 2.16. The number of aryl methyl sites for hydroxylation is 1. The number of nitrogens with one attached hydrogen (secondary N) is 1. The fourth-order valence-electron chi connectivity index (χ4n) is 3.63. The number of hydrogen-bond donors (Lipinski definition) is 1. The molecule has 3 heterocycles. The Morgan fingerprint density at radius 3 is 2.75 bits per heavy atom. The maximum Gasteiger partial charge on any atom is 0.242 e. The third-order valence-electron chi connectivity index (χ3n) is 5.30. The number of thiazole rings is 1. The van der Waals surface area contributed by atoms with Crippen LogP contribution in [0.4, 0.5) is 0 Å². The van der Waals surface area contributed by atoms with E-state index in [9.17, 15) is 8.42 Å². The van der Waals surface area contributed by atoms with Gasteiger partial charge in [-0.15, -0.1) is 11.3 Å². The number of aromatic nitrogens is 4. The van der Waals surface area contributed by atoms with Crippen LogP contribution in [0.25, 0.3) is 31.8 Å². The first-order valence-corrected chi connectivity index (χ1v) is 13.5. The summed E-state index contributed by atoms with van der Waals surface area (Å²) in [6, 6.07) is 10.4. The van der Waals surface area contributed by atoms with Crippen molar-refractivity contribution in [3.05, 3.63) is 65.6 Å². The summed E-state index contributed by atoms with van der Waals surface area (Å²) < 4.78 is 39.1. The zero-order valence-electron chi connectivity index (χ0n) is 19.2. The Balaban J connectivity index is 1.37. The van der Waals surface area contributed by atoms with E-state index in [0.717, 1.165) is 26.4 Å². The van der Waals surface area contributed by atoms with Gasteiger partial charge in [0.2, 0.25) is 15.9 Å². The number of sulfonamides is 1. The predicted molar refractivity (Wildman–Crippen MR) is 139 cm³/mol. The molecule has 0 amide bonds. The van der Waals surface area contributed by atoms with Gasteiger partial charge in [0.15, 0.2) is 0 Å². The summed E-state index contributed by atoms with van der Waals surface area (Å²) in [6.45, 7) is 2.22. The normalized spacial score (nSPS) is 11.8. The number of ether oxygens (including phenoxy) is 2. The summed E-state index contributed by atoms with van der Waals surface area (Å²) in [4.78, 5) is 17.7. The minimum absolute atomic E-state index is 0.108. The SMILES string of the molecule is COc1cnc2c(-c3nc4c(C)cc(OCCNS(=O)(=O)c5cccnc5)cc4s3)cc(Cl)cc2n1. The van der Waals surface area contributed by atoms with Crippen LogP contribution in [0, 0.1) is 6.92 Å². The standard InChI is InChI=1S/C24H20ClN5O4S2/c1-14-8-16(34-7-6-28-36(31,32)17-4-3-5-26-12-17)11-20-22(14)30-24(35-20)18-9-15(25)10-19-23(18)27-13-21(29-19)33-2/h3-5,8-13,28H,6-7H2,1-2H3. The number of halogens is 1. The number of fused-ring (bicyclic) bond motifs is 2. The van der Waals surface area contributed by atoms with Crippen molar-refractivity contribution in [2.45, 2.75) is 11.8 Å². The molecule has 0 fully saturated rings. The van der Waals surface area contributed by atoms with Gasteiger partial charge in [-0.3, -0.25) is 4.98 Å². The molecule has 0 saturated heterocycles. The molecule has 0 aliphatic rings. The summed E-state index contributed by atoms with van der Waals surface area (Å²) >= 11 is 7.85. The molecule has 0 saturated carbocycles. The van der Waals surface area contributed by atoms with Crippen LogP contribution in [-0.2, 0) is 10.0 Å². The predicted octanol–water partition coefficient (Wildman–Crippen LogP) is 4.63. The van der Waals surface area contributed by atoms with Gasteiger partial charge >= 0.3 is 0 Å². The van der Waals surface area contributed by atoms with Gasteiger partial charge in [-0.25, -0.2) is 28.1 Å². The van der Waals surface area contributed by atoms with Crippen molar-refractivity contribution in [3.63, 3.8) is 0 Å². The van der Waals surface area contributed by atoms with Crippen molar-refractivity contribution < 1.29 is 17.9 Å². The molecule has 0 spiro atoms. The summed E-state index contributed by atoms with van der Waals surface area (Å²) in [5.41, 5.74) is 3.84. The van der Waals surface area contributed by atoms with Crippen molar-refractivity contribution in [3.8, 4) is 22.2 Å². The molecule has 0 aliphatic heterocycles. The van der Waals surface area contributed by atoms with Crippen molar-refractivity contribution >= 4 is 54.2 Å². The highest BCUT2D eigenvalue weighted by atomic mass is 35.5. The highest BCUT2D eigenvalue weighted by molar-refractivity contribution is 7.89. The van der Waals surface area contributed by atoms with Crippen LogP contribution in [-0.4, -0.2) is 48.6 Å². The third kappa shape index (κ3) is 4.96. The zero-order valence-corrected chi connectivity index (χ0v) is 21.6. The van der Waals surface area contributed by atoms with Crippen LogP contribution in [0.2, 0.25) is 5.02 Å². The molecule has 12 heteroatoms. The lowest BCUT2D eigenvalue weighted by molar-refractivity contribution is 0.323. The Labute approximate surface area is 216 Å². The van der Waals surface area contributed by atoms with E-state index < -0.39 is 10.0 Å². The summed E-state index contributed by atoms with van der Waals surface area (Å²) in [5.74, 6) is 1.02. The smallest absolute Gasteiger partial charge is 0.242 e. The maximum absolute atomic E-state index is 12.3. The lowest BCUT2D eigenvalue weighted by Gasteiger charge is -2.09. The molecule has 0 bridgehead atoms. The lowest BCUT2D eigenvalue weighted by atomic mass is 10.1. The van der Waals surface area contributed by atoms with Gasteiger partial charge in [0.1, 0.15) is 22.3 Å². The van der Waals surface area contributed by atoms with Gasteiger partial charge in [0.25, 0.3) is 0 Å². The summed E-state index contributed by atoms with van der Waals surface area (Å²) in [6.07, 6.45) is 4.38. The topological polar surface area (TPSA) is 116 Å². The van der Waals surface area contributed by atoms with Gasteiger partial charge in [0.05, 0.1) is 34.6 Å². The largest absolute Gasteiger partial charge is 0.492 e. The van der Waals surface area contributed by atoms with Crippen LogP contribution in [0.15, 0.2) is 59.9 Å². The van der Waals surface area contributed by atoms with E-state index in [2.05, 4.69) is 19.7 Å². The molecule has 36 heavy (non-hydrogen) atoms. The second kappa shape index (κ2) is 9.94. The maximum atomic E-state index is 12.3. The summed E-state index contributed by atoms with van der Waals surface area (Å²) in [7, 11) is -2.11. The van der Waals surface area contributed by atoms with Crippen molar-refractivity contribution in [1.29, 1.82) is 0 Å². The summed E-state index contributed by atoms with van der Waals surface area (Å²) in [5, 5.41) is 1.27.